The van der Waals surface area contributed by atoms with Crippen LogP contribution in [0.3, 0.4) is 0 Å². The molecule has 0 saturated heterocycles. The highest BCUT2D eigenvalue weighted by atomic mass is 32.1. The van der Waals surface area contributed by atoms with E-state index in [1.54, 1.807) is 26.8 Å². The summed E-state index contributed by atoms with van der Waals surface area (Å²) in [6.45, 7) is 8.73. The molecule has 6 rings (SSSR count). The number of ether oxygens (including phenoxy) is 2. The average Bonchev–Trinajstić information content (AvgIpc) is 3.68. The SMILES string of the molecule is Cc1c(-n2nccn2)sc2c1c(=O)n(C(C)(C)C(=O)NC1CCC1)c(=O)n2C[C@H](OC(C)C)c1cc(F)ccc1OCc1ccccc1. The van der Waals surface area contributed by atoms with E-state index in [2.05, 4.69) is 15.5 Å². The molecule has 1 atom stereocenters. The van der Waals surface area contributed by atoms with E-state index in [9.17, 15) is 18.8 Å². The lowest BCUT2D eigenvalue weighted by Gasteiger charge is -2.33. The Hall–Kier alpha value is -4.62. The van der Waals surface area contributed by atoms with Crippen molar-refractivity contribution in [1.29, 1.82) is 0 Å². The highest BCUT2D eigenvalue weighted by Gasteiger charge is 2.38. The van der Waals surface area contributed by atoms with Crippen LogP contribution in [-0.4, -0.2) is 42.2 Å². The molecule has 1 fully saturated rings. The topological polar surface area (TPSA) is 122 Å². The van der Waals surface area contributed by atoms with Crippen LogP contribution >= 0.6 is 11.3 Å². The predicted molar refractivity (Wildman–Crippen MR) is 181 cm³/mol. The minimum Gasteiger partial charge on any atom is -0.489 e. The number of rotatable bonds is 12. The number of halogens is 1. The van der Waals surface area contributed by atoms with Crippen LogP contribution in [0.1, 0.15) is 69.8 Å². The van der Waals surface area contributed by atoms with Crippen molar-refractivity contribution in [2.75, 3.05) is 0 Å². The van der Waals surface area contributed by atoms with Gasteiger partial charge in [-0.15, -0.1) is 4.80 Å². The number of nitrogens with zero attached hydrogens (tertiary/aromatic N) is 5. The number of carbonyl (C=O) groups is 1. The molecule has 1 aliphatic rings. The fraction of sp³-hybridized carbons (Fsp3) is 0.400. The third kappa shape index (κ3) is 6.44. The standard InChI is InChI=1S/C35H39FN6O5S/c1-21(2)47-28(26-18-24(36)14-15-27(26)46-20-23-10-7-6-8-11-23)19-40-32-29(22(3)31(48-32)42-37-16-17-38-42)30(43)41(34(40)45)35(4,5)33(44)39-25-12-9-13-25/h6-8,10-11,14-18,21,25,28H,9,12-13,19-20H2,1-5H3,(H,39,44)/t28-/m0/s1. The summed E-state index contributed by atoms with van der Waals surface area (Å²) in [5.41, 5.74) is -0.922. The lowest BCUT2D eigenvalue weighted by molar-refractivity contribution is -0.130. The molecule has 1 aliphatic carbocycles. The van der Waals surface area contributed by atoms with Gasteiger partial charge in [0.25, 0.3) is 5.56 Å². The van der Waals surface area contributed by atoms with E-state index in [4.69, 9.17) is 9.47 Å². The molecule has 3 aromatic heterocycles. The third-order valence-electron chi connectivity index (χ3n) is 8.68. The van der Waals surface area contributed by atoms with Crippen LogP contribution in [0.5, 0.6) is 5.75 Å². The quantitative estimate of drug-likeness (QED) is 0.188. The van der Waals surface area contributed by atoms with Crippen molar-refractivity contribution in [2.45, 2.75) is 90.8 Å². The minimum atomic E-state index is -1.53. The first-order chi connectivity index (χ1) is 23.0. The van der Waals surface area contributed by atoms with Gasteiger partial charge >= 0.3 is 5.69 Å². The lowest BCUT2D eigenvalue weighted by atomic mass is 9.91. The summed E-state index contributed by atoms with van der Waals surface area (Å²) >= 11 is 1.18. The first-order valence-corrected chi connectivity index (χ1v) is 16.9. The molecule has 0 radical (unpaired) electrons. The number of aryl methyl sites for hydroxylation is 1. The number of fused-ring (bicyclic) bond motifs is 1. The molecule has 3 heterocycles. The summed E-state index contributed by atoms with van der Waals surface area (Å²) in [7, 11) is 0. The molecule has 13 heteroatoms. The van der Waals surface area contributed by atoms with Crippen molar-refractivity contribution in [3.8, 4) is 10.8 Å². The van der Waals surface area contributed by atoms with Crippen LogP contribution in [0.4, 0.5) is 4.39 Å². The zero-order chi connectivity index (χ0) is 34.2. The molecule has 0 aliphatic heterocycles. The summed E-state index contributed by atoms with van der Waals surface area (Å²) < 4.78 is 29.9. The number of carbonyl (C=O) groups excluding carboxylic acids is 1. The number of thiophene rings is 1. The first-order valence-electron chi connectivity index (χ1n) is 16.0. The Kier molecular flexibility index (Phi) is 9.35. The van der Waals surface area contributed by atoms with E-state index < -0.39 is 34.6 Å². The second kappa shape index (κ2) is 13.5. The van der Waals surface area contributed by atoms with Crippen LogP contribution in [0, 0.1) is 12.7 Å². The summed E-state index contributed by atoms with van der Waals surface area (Å²) in [4.78, 5) is 44.3. The Labute approximate surface area is 280 Å². The summed E-state index contributed by atoms with van der Waals surface area (Å²) in [5, 5.41) is 12.3. The molecule has 252 valence electrons. The van der Waals surface area contributed by atoms with E-state index in [1.165, 1.54) is 45.2 Å². The largest absolute Gasteiger partial charge is 0.489 e. The highest BCUT2D eigenvalue weighted by Crippen LogP contribution is 2.35. The van der Waals surface area contributed by atoms with E-state index >= 15 is 0 Å². The summed E-state index contributed by atoms with van der Waals surface area (Å²) in [6, 6.07) is 13.8. The molecule has 5 aromatic rings. The van der Waals surface area contributed by atoms with Gasteiger partial charge in [-0.3, -0.25) is 14.2 Å². The molecule has 2 aromatic carbocycles. The molecule has 48 heavy (non-hydrogen) atoms. The molecular weight excluding hydrogens is 635 g/mol. The van der Waals surface area contributed by atoms with E-state index in [0.717, 1.165) is 29.4 Å². The normalized spacial score (nSPS) is 14.3. The molecule has 0 bridgehead atoms. The smallest absolute Gasteiger partial charge is 0.333 e. The van der Waals surface area contributed by atoms with Crippen LogP contribution < -0.4 is 21.3 Å². The lowest BCUT2D eigenvalue weighted by Crippen LogP contribution is -2.57. The van der Waals surface area contributed by atoms with Crippen LogP contribution in [0.2, 0.25) is 0 Å². The van der Waals surface area contributed by atoms with Gasteiger partial charge in [0.05, 0.1) is 30.4 Å². The highest BCUT2D eigenvalue weighted by molar-refractivity contribution is 7.21. The van der Waals surface area contributed by atoms with Crippen molar-refractivity contribution in [1.82, 2.24) is 29.4 Å². The maximum atomic E-state index is 14.9. The Bertz CT molecular complexity index is 2050. The maximum absolute atomic E-state index is 14.9. The van der Waals surface area contributed by atoms with Gasteiger partial charge in [0, 0.05) is 17.2 Å². The molecule has 0 unspecified atom stereocenters. The number of hydrogen-bond acceptors (Lipinski definition) is 8. The van der Waals surface area contributed by atoms with Gasteiger partial charge < -0.3 is 14.8 Å². The van der Waals surface area contributed by atoms with Gasteiger partial charge in [0.15, 0.2) is 0 Å². The molecular formula is C35H39FN6O5S. The van der Waals surface area contributed by atoms with Crippen molar-refractivity contribution in [3.63, 3.8) is 0 Å². The number of benzene rings is 2. The van der Waals surface area contributed by atoms with Gasteiger partial charge in [-0.05, 0) is 77.6 Å². The molecule has 11 nitrogen and oxygen atoms in total. The Balaban J connectivity index is 1.52. The van der Waals surface area contributed by atoms with Gasteiger partial charge in [-0.1, -0.05) is 41.7 Å². The van der Waals surface area contributed by atoms with Gasteiger partial charge in [-0.2, -0.15) is 10.2 Å². The third-order valence-corrected chi connectivity index (χ3v) is 9.96. The van der Waals surface area contributed by atoms with E-state index in [1.807, 2.05) is 44.2 Å². The zero-order valence-corrected chi connectivity index (χ0v) is 28.4. The molecule has 1 saturated carbocycles. The number of hydrogen-bond donors (Lipinski definition) is 1. The second-order valence-corrected chi connectivity index (χ2v) is 13.8. The Morgan fingerprint density at radius 2 is 1.81 bits per heavy atom. The van der Waals surface area contributed by atoms with E-state index in [0.29, 0.717) is 26.7 Å². The predicted octanol–water partition coefficient (Wildman–Crippen LogP) is 5.40. The second-order valence-electron chi connectivity index (χ2n) is 12.9. The zero-order valence-electron chi connectivity index (χ0n) is 27.6. The van der Waals surface area contributed by atoms with Crippen LogP contribution in [0.25, 0.3) is 15.2 Å². The number of amides is 1. The minimum absolute atomic E-state index is 0.00455. The van der Waals surface area contributed by atoms with Gasteiger partial charge in [-0.25, -0.2) is 13.8 Å². The fourth-order valence-corrected chi connectivity index (χ4v) is 7.08. The monoisotopic (exact) mass is 674 g/mol. The van der Waals surface area contributed by atoms with Gasteiger partial charge in [0.1, 0.15) is 39.6 Å². The fourth-order valence-electron chi connectivity index (χ4n) is 5.86. The molecule has 1 amide bonds. The maximum Gasteiger partial charge on any atom is 0.333 e. The van der Waals surface area contributed by atoms with Crippen molar-refractivity contribution >= 4 is 27.5 Å². The van der Waals surface area contributed by atoms with E-state index in [-0.39, 0.29) is 30.7 Å². The summed E-state index contributed by atoms with van der Waals surface area (Å²) in [5.74, 6) is -0.520. The van der Waals surface area contributed by atoms with Crippen molar-refractivity contribution in [2.24, 2.45) is 0 Å². The van der Waals surface area contributed by atoms with Crippen LogP contribution in [0.15, 0.2) is 70.5 Å². The van der Waals surface area contributed by atoms with Crippen LogP contribution in [-0.2, 0) is 28.2 Å². The molecule has 1 N–H and O–H groups in total. The van der Waals surface area contributed by atoms with Gasteiger partial charge in [0.2, 0.25) is 5.91 Å². The Morgan fingerprint density at radius 1 is 1.10 bits per heavy atom. The van der Waals surface area contributed by atoms with Crippen molar-refractivity contribution in [3.05, 3.63) is 104 Å². The summed E-state index contributed by atoms with van der Waals surface area (Å²) in [6.07, 6.45) is 4.56. The first kappa shape index (κ1) is 33.3. The van der Waals surface area contributed by atoms with Crippen molar-refractivity contribution < 1.29 is 18.7 Å². The number of nitrogens with one attached hydrogen (secondary N) is 1. The molecule has 0 spiro atoms. The Morgan fingerprint density at radius 3 is 2.46 bits per heavy atom. The number of aromatic nitrogens is 5. The average molecular weight is 675 g/mol.